The molecular weight excluding hydrogens is 262 g/mol. The van der Waals surface area contributed by atoms with Crippen LogP contribution >= 0.6 is 0 Å². The molecule has 4 nitrogen and oxygen atoms in total. The maximum atomic E-state index is 12.5. The zero-order valence-corrected chi connectivity index (χ0v) is 12.1. The lowest BCUT2D eigenvalue weighted by molar-refractivity contribution is -0.120. The highest BCUT2D eigenvalue weighted by atomic mass is 16.2. The van der Waals surface area contributed by atoms with Crippen molar-refractivity contribution in [1.82, 2.24) is 4.90 Å². The summed E-state index contributed by atoms with van der Waals surface area (Å²) in [6.07, 6.45) is 0. The third-order valence-corrected chi connectivity index (χ3v) is 3.16. The number of carbonyl (C=O) groups excluding carboxylic acids is 1. The summed E-state index contributed by atoms with van der Waals surface area (Å²) in [5, 5.41) is 11.7. The normalized spacial score (nSPS) is 11.7. The summed E-state index contributed by atoms with van der Waals surface area (Å²) >= 11 is 0. The Bertz CT molecular complexity index is 642. The second-order valence-corrected chi connectivity index (χ2v) is 4.96. The summed E-state index contributed by atoms with van der Waals surface area (Å²) < 4.78 is 0. The highest BCUT2D eigenvalue weighted by molar-refractivity contribution is 5.95. The molecule has 0 saturated carbocycles. The summed E-state index contributed by atoms with van der Waals surface area (Å²) in [5.74, 6) is -0.101. The van der Waals surface area contributed by atoms with Crippen LogP contribution in [0, 0.1) is 11.3 Å². The molecule has 0 saturated heterocycles. The van der Waals surface area contributed by atoms with E-state index in [2.05, 4.69) is 11.4 Å². The second kappa shape index (κ2) is 6.69. The highest BCUT2D eigenvalue weighted by Gasteiger charge is 2.22. The van der Waals surface area contributed by atoms with Gasteiger partial charge in [0.05, 0.1) is 11.6 Å². The molecule has 0 aliphatic heterocycles. The second-order valence-electron chi connectivity index (χ2n) is 4.96. The number of rotatable bonds is 4. The first-order valence-corrected chi connectivity index (χ1v) is 6.64. The molecule has 2 aromatic carbocycles. The first-order valence-electron chi connectivity index (χ1n) is 6.64. The van der Waals surface area contributed by atoms with E-state index in [4.69, 9.17) is 5.26 Å². The number of anilines is 1. The van der Waals surface area contributed by atoms with Crippen molar-refractivity contribution in [2.24, 2.45) is 0 Å². The Hall–Kier alpha value is -2.64. The van der Waals surface area contributed by atoms with E-state index >= 15 is 0 Å². The Balaban J connectivity index is 2.18. The lowest BCUT2D eigenvalue weighted by Crippen LogP contribution is -2.32. The molecule has 0 aromatic heterocycles. The van der Waals surface area contributed by atoms with E-state index in [1.165, 1.54) is 0 Å². The molecule has 0 aliphatic carbocycles. The average Bonchev–Trinajstić information content (AvgIpc) is 2.49. The largest absolute Gasteiger partial charge is 0.324 e. The number of nitriles is 1. The predicted octanol–water partition coefficient (Wildman–Crippen LogP) is 2.80. The van der Waals surface area contributed by atoms with Crippen molar-refractivity contribution >= 4 is 11.6 Å². The molecule has 1 N–H and O–H groups in total. The minimum absolute atomic E-state index is 0.101. The summed E-state index contributed by atoms with van der Waals surface area (Å²) in [6, 6.07) is 18.1. The number of likely N-dealkylation sites (N-methyl/N-ethyl adjacent to an activating group) is 1. The van der Waals surface area contributed by atoms with E-state index in [-0.39, 0.29) is 11.9 Å². The molecule has 0 aliphatic rings. The third-order valence-electron chi connectivity index (χ3n) is 3.16. The maximum absolute atomic E-state index is 12.5. The molecule has 0 radical (unpaired) electrons. The van der Waals surface area contributed by atoms with E-state index in [1.807, 2.05) is 49.3 Å². The van der Waals surface area contributed by atoms with Crippen molar-refractivity contribution < 1.29 is 4.79 Å². The van der Waals surface area contributed by atoms with Gasteiger partial charge >= 0.3 is 0 Å². The van der Waals surface area contributed by atoms with Crippen LogP contribution in [0.25, 0.3) is 0 Å². The first kappa shape index (κ1) is 14.8. The Labute approximate surface area is 124 Å². The van der Waals surface area contributed by atoms with Crippen molar-refractivity contribution in [2.75, 3.05) is 19.4 Å². The molecule has 0 bridgehead atoms. The van der Waals surface area contributed by atoms with Gasteiger partial charge in [0.25, 0.3) is 0 Å². The third kappa shape index (κ3) is 3.68. The van der Waals surface area contributed by atoms with E-state index in [0.717, 1.165) is 5.56 Å². The zero-order chi connectivity index (χ0) is 15.2. The van der Waals surface area contributed by atoms with Crippen molar-refractivity contribution in [2.45, 2.75) is 6.04 Å². The van der Waals surface area contributed by atoms with Crippen LogP contribution in [0.3, 0.4) is 0 Å². The van der Waals surface area contributed by atoms with Gasteiger partial charge in [-0.3, -0.25) is 9.69 Å². The van der Waals surface area contributed by atoms with Gasteiger partial charge in [0.1, 0.15) is 6.04 Å². The van der Waals surface area contributed by atoms with Crippen molar-refractivity contribution in [3.8, 4) is 6.07 Å². The molecule has 0 heterocycles. The lowest BCUT2D eigenvalue weighted by atomic mass is 10.1. The van der Waals surface area contributed by atoms with Crippen LogP contribution in [-0.4, -0.2) is 24.9 Å². The van der Waals surface area contributed by atoms with Crippen LogP contribution in [0.15, 0.2) is 54.6 Å². The lowest BCUT2D eigenvalue weighted by Gasteiger charge is -2.23. The summed E-state index contributed by atoms with van der Waals surface area (Å²) in [4.78, 5) is 14.4. The van der Waals surface area contributed by atoms with Gasteiger partial charge in [-0.25, -0.2) is 0 Å². The fourth-order valence-corrected chi connectivity index (χ4v) is 2.16. The molecule has 1 atom stereocenters. The topological polar surface area (TPSA) is 56.1 Å². The van der Waals surface area contributed by atoms with Crippen molar-refractivity contribution in [3.63, 3.8) is 0 Å². The van der Waals surface area contributed by atoms with Gasteiger partial charge in [-0.2, -0.15) is 5.26 Å². The number of amides is 1. The van der Waals surface area contributed by atoms with Crippen LogP contribution in [0.2, 0.25) is 0 Å². The number of nitrogens with zero attached hydrogens (tertiary/aromatic N) is 2. The minimum atomic E-state index is -0.359. The van der Waals surface area contributed by atoms with Gasteiger partial charge in [-0.15, -0.1) is 0 Å². The summed E-state index contributed by atoms with van der Waals surface area (Å²) in [7, 11) is 3.74. The molecule has 2 aromatic rings. The molecule has 0 spiro atoms. The fourth-order valence-electron chi connectivity index (χ4n) is 2.16. The number of carbonyl (C=O) groups is 1. The highest BCUT2D eigenvalue weighted by Crippen LogP contribution is 2.20. The van der Waals surface area contributed by atoms with E-state index in [9.17, 15) is 4.79 Å². The van der Waals surface area contributed by atoms with E-state index in [0.29, 0.717) is 11.3 Å². The monoisotopic (exact) mass is 279 g/mol. The van der Waals surface area contributed by atoms with Crippen LogP contribution < -0.4 is 5.32 Å². The number of hydrogen-bond acceptors (Lipinski definition) is 3. The molecule has 21 heavy (non-hydrogen) atoms. The van der Waals surface area contributed by atoms with Crippen molar-refractivity contribution in [3.05, 3.63) is 65.7 Å². The van der Waals surface area contributed by atoms with Gasteiger partial charge in [0.2, 0.25) is 5.91 Å². The molecule has 1 unspecified atom stereocenters. The van der Waals surface area contributed by atoms with Crippen LogP contribution in [-0.2, 0) is 4.79 Å². The Morgan fingerprint density at radius 3 is 2.24 bits per heavy atom. The van der Waals surface area contributed by atoms with Gasteiger partial charge in [-0.1, -0.05) is 30.3 Å². The smallest absolute Gasteiger partial charge is 0.246 e. The molecule has 2 rings (SSSR count). The molecule has 1 amide bonds. The average molecular weight is 279 g/mol. The Morgan fingerprint density at radius 2 is 1.71 bits per heavy atom. The minimum Gasteiger partial charge on any atom is -0.324 e. The Kier molecular flexibility index (Phi) is 4.70. The van der Waals surface area contributed by atoms with Gasteiger partial charge < -0.3 is 5.32 Å². The van der Waals surface area contributed by atoms with Gasteiger partial charge in [0.15, 0.2) is 0 Å². The van der Waals surface area contributed by atoms with Crippen molar-refractivity contribution in [1.29, 1.82) is 5.26 Å². The van der Waals surface area contributed by atoms with Crippen LogP contribution in [0.4, 0.5) is 5.69 Å². The molecular formula is C17H17N3O. The molecule has 0 fully saturated rings. The SMILES string of the molecule is CN(C)C(C(=O)Nc1ccc(C#N)cc1)c1ccccc1. The quantitative estimate of drug-likeness (QED) is 0.936. The number of nitrogens with one attached hydrogen (secondary N) is 1. The first-order chi connectivity index (χ1) is 10.1. The standard InChI is InChI=1S/C17H17N3O/c1-20(2)16(14-6-4-3-5-7-14)17(21)19-15-10-8-13(12-18)9-11-15/h3-11,16H,1-2H3,(H,19,21). The van der Waals surface area contributed by atoms with Gasteiger partial charge in [-0.05, 0) is 43.9 Å². The van der Waals surface area contributed by atoms with E-state index < -0.39 is 0 Å². The Morgan fingerprint density at radius 1 is 1.10 bits per heavy atom. The number of hydrogen-bond donors (Lipinski definition) is 1. The maximum Gasteiger partial charge on any atom is 0.246 e. The predicted molar refractivity (Wildman–Crippen MR) is 82.7 cm³/mol. The molecule has 4 heteroatoms. The number of benzene rings is 2. The molecule has 106 valence electrons. The summed E-state index contributed by atoms with van der Waals surface area (Å²) in [5.41, 5.74) is 2.19. The van der Waals surface area contributed by atoms with Gasteiger partial charge in [0, 0.05) is 5.69 Å². The van der Waals surface area contributed by atoms with Crippen LogP contribution in [0.1, 0.15) is 17.2 Å². The van der Waals surface area contributed by atoms with Crippen LogP contribution in [0.5, 0.6) is 0 Å². The zero-order valence-electron chi connectivity index (χ0n) is 12.1. The summed E-state index contributed by atoms with van der Waals surface area (Å²) in [6.45, 7) is 0. The fraction of sp³-hybridized carbons (Fsp3) is 0.176. The van der Waals surface area contributed by atoms with E-state index in [1.54, 1.807) is 24.3 Å².